The van der Waals surface area contributed by atoms with Crippen LogP contribution in [0.2, 0.25) is 0 Å². The molecule has 0 bridgehead atoms. The Morgan fingerprint density at radius 2 is 1.68 bits per heavy atom. The normalized spacial score (nSPS) is 18.3. The van der Waals surface area contributed by atoms with Gasteiger partial charge in [0.25, 0.3) is 5.69 Å². The molecular weight excluding hydrogens is 285 g/mol. The number of hydrogen-bond acceptors (Lipinski definition) is 4. The molecule has 2 aliphatic rings. The van der Waals surface area contributed by atoms with Crippen LogP contribution in [-0.4, -0.2) is 31.1 Å². The van der Waals surface area contributed by atoms with Gasteiger partial charge in [0, 0.05) is 19.2 Å². The third kappa shape index (κ3) is 4.94. The first kappa shape index (κ1) is 16.7. The second-order valence-corrected chi connectivity index (χ2v) is 5.75. The van der Waals surface area contributed by atoms with E-state index in [2.05, 4.69) is 5.32 Å². The number of nitro benzene ring substituents is 1. The number of nitrogens with one attached hydrogen (secondary N) is 1. The molecule has 1 aromatic rings. The van der Waals surface area contributed by atoms with E-state index in [0.29, 0.717) is 5.69 Å². The summed E-state index contributed by atoms with van der Waals surface area (Å²) in [6.07, 6.45) is 7.49. The summed E-state index contributed by atoms with van der Waals surface area (Å²) in [6.45, 7) is 4.16. The molecule has 2 aliphatic heterocycles. The molecule has 2 heterocycles. The maximum absolute atomic E-state index is 13.6. The zero-order chi connectivity index (χ0) is 15.8. The van der Waals surface area contributed by atoms with Gasteiger partial charge in [-0.3, -0.25) is 10.1 Å². The first-order valence-electron chi connectivity index (χ1n) is 8.08. The van der Waals surface area contributed by atoms with Crippen LogP contribution in [0.25, 0.3) is 0 Å². The zero-order valence-corrected chi connectivity index (χ0v) is 12.9. The van der Waals surface area contributed by atoms with Crippen LogP contribution in [0, 0.1) is 15.9 Å². The number of anilines is 1. The molecule has 22 heavy (non-hydrogen) atoms. The van der Waals surface area contributed by atoms with E-state index in [1.807, 2.05) is 4.90 Å². The highest BCUT2D eigenvalue weighted by Gasteiger charge is 2.17. The summed E-state index contributed by atoms with van der Waals surface area (Å²) in [5.74, 6) is -0.504. The average molecular weight is 309 g/mol. The number of nitro groups is 1. The standard InChI is InChI=1S/C11H13FN2O2.C5H11N/c12-10-8-9(14(15)16)4-5-11(10)13-6-2-1-3-7-13;1-2-4-6-5-3-1/h4-5,8H,1-3,6-7H2;6H,1-5H2. The van der Waals surface area contributed by atoms with Crippen LogP contribution in [0.5, 0.6) is 0 Å². The number of rotatable bonds is 2. The predicted octanol–water partition coefficient (Wildman–Crippen LogP) is 3.48. The highest BCUT2D eigenvalue weighted by Crippen LogP contribution is 2.26. The number of nitrogens with zero attached hydrogens (tertiary/aromatic N) is 2. The Balaban J connectivity index is 0.000000246. The van der Waals surface area contributed by atoms with Crippen molar-refractivity contribution in [2.24, 2.45) is 0 Å². The lowest BCUT2D eigenvalue weighted by atomic mass is 10.1. The first-order chi connectivity index (χ1) is 10.7. The van der Waals surface area contributed by atoms with Crippen molar-refractivity contribution in [3.63, 3.8) is 0 Å². The molecule has 3 rings (SSSR count). The summed E-state index contributed by atoms with van der Waals surface area (Å²) in [5.41, 5.74) is 0.281. The summed E-state index contributed by atoms with van der Waals surface area (Å²) >= 11 is 0. The van der Waals surface area contributed by atoms with Crippen LogP contribution in [0.4, 0.5) is 15.8 Å². The van der Waals surface area contributed by atoms with E-state index in [0.717, 1.165) is 32.0 Å². The van der Waals surface area contributed by atoms with Crippen LogP contribution in [-0.2, 0) is 0 Å². The average Bonchev–Trinajstić information content (AvgIpc) is 2.57. The third-order valence-corrected chi connectivity index (χ3v) is 4.05. The minimum absolute atomic E-state index is 0.196. The number of halogens is 1. The Hall–Kier alpha value is -1.69. The molecule has 1 N–H and O–H groups in total. The van der Waals surface area contributed by atoms with E-state index in [-0.39, 0.29) is 5.69 Å². The Labute approximate surface area is 130 Å². The van der Waals surface area contributed by atoms with Gasteiger partial charge in [0.2, 0.25) is 0 Å². The van der Waals surface area contributed by atoms with Crippen LogP contribution in [0.3, 0.4) is 0 Å². The van der Waals surface area contributed by atoms with E-state index in [1.165, 1.54) is 50.9 Å². The Bertz CT molecular complexity index is 475. The van der Waals surface area contributed by atoms with Crippen molar-refractivity contribution in [2.75, 3.05) is 31.1 Å². The Morgan fingerprint density at radius 1 is 1.05 bits per heavy atom. The van der Waals surface area contributed by atoms with Gasteiger partial charge in [0.15, 0.2) is 5.82 Å². The number of hydrogen-bond donors (Lipinski definition) is 1. The van der Waals surface area contributed by atoms with Crippen molar-refractivity contribution in [1.29, 1.82) is 0 Å². The molecule has 1 aromatic carbocycles. The minimum atomic E-state index is -0.580. The van der Waals surface area contributed by atoms with Crippen molar-refractivity contribution in [3.05, 3.63) is 34.1 Å². The van der Waals surface area contributed by atoms with Gasteiger partial charge in [-0.15, -0.1) is 0 Å². The van der Waals surface area contributed by atoms with Gasteiger partial charge in [-0.2, -0.15) is 0 Å². The molecule has 6 heteroatoms. The summed E-state index contributed by atoms with van der Waals surface area (Å²) in [6, 6.07) is 3.84. The molecular formula is C16H24FN3O2. The number of non-ortho nitro benzene ring substituents is 1. The van der Waals surface area contributed by atoms with Crippen molar-refractivity contribution in [1.82, 2.24) is 5.32 Å². The fourth-order valence-corrected chi connectivity index (χ4v) is 2.80. The molecule has 0 aromatic heterocycles. The third-order valence-electron chi connectivity index (χ3n) is 4.05. The second-order valence-electron chi connectivity index (χ2n) is 5.75. The van der Waals surface area contributed by atoms with Gasteiger partial charge in [-0.1, -0.05) is 6.42 Å². The Kier molecular flexibility index (Phi) is 6.58. The molecule has 0 spiro atoms. The number of piperidine rings is 2. The lowest BCUT2D eigenvalue weighted by Gasteiger charge is -2.28. The maximum atomic E-state index is 13.6. The van der Waals surface area contributed by atoms with Crippen molar-refractivity contribution in [3.8, 4) is 0 Å². The van der Waals surface area contributed by atoms with E-state index in [4.69, 9.17) is 0 Å². The monoisotopic (exact) mass is 309 g/mol. The topological polar surface area (TPSA) is 58.4 Å². The SMILES string of the molecule is C1CCNCC1.O=[N+]([O-])c1ccc(N2CCCCC2)c(F)c1. The van der Waals surface area contributed by atoms with Gasteiger partial charge in [-0.05, 0) is 51.3 Å². The molecule has 0 radical (unpaired) electrons. The lowest BCUT2D eigenvalue weighted by Crippen LogP contribution is -2.30. The largest absolute Gasteiger partial charge is 0.369 e. The van der Waals surface area contributed by atoms with Gasteiger partial charge >= 0.3 is 0 Å². The molecule has 0 unspecified atom stereocenters. The fourth-order valence-electron chi connectivity index (χ4n) is 2.80. The van der Waals surface area contributed by atoms with Crippen LogP contribution >= 0.6 is 0 Å². The first-order valence-corrected chi connectivity index (χ1v) is 8.08. The quantitative estimate of drug-likeness (QED) is 0.671. The van der Waals surface area contributed by atoms with Gasteiger partial charge in [-0.25, -0.2) is 4.39 Å². The molecule has 2 saturated heterocycles. The molecule has 122 valence electrons. The summed E-state index contributed by atoms with van der Waals surface area (Å²) < 4.78 is 13.6. The van der Waals surface area contributed by atoms with Crippen LogP contribution in [0.1, 0.15) is 38.5 Å². The second kappa shape index (κ2) is 8.68. The smallest absolute Gasteiger partial charge is 0.272 e. The van der Waals surface area contributed by atoms with E-state index in [9.17, 15) is 14.5 Å². The molecule has 0 saturated carbocycles. The van der Waals surface area contributed by atoms with Crippen molar-refractivity contribution >= 4 is 11.4 Å². The van der Waals surface area contributed by atoms with Crippen molar-refractivity contribution in [2.45, 2.75) is 38.5 Å². The van der Waals surface area contributed by atoms with Gasteiger partial charge < -0.3 is 10.2 Å². The van der Waals surface area contributed by atoms with E-state index in [1.54, 1.807) is 0 Å². The highest BCUT2D eigenvalue weighted by molar-refractivity contribution is 5.52. The summed E-state index contributed by atoms with van der Waals surface area (Å²) in [5, 5.41) is 13.8. The van der Waals surface area contributed by atoms with Crippen LogP contribution < -0.4 is 10.2 Å². The highest BCUT2D eigenvalue weighted by atomic mass is 19.1. The molecule has 2 fully saturated rings. The minimum Gasteiger partial charge on any atom is -0.369 e. The molecule has 5 nitrogen and oxygen atoms in total. The van der Waals surface area contributed by atoms with Gasteiger partial charge in [0.1, 0.15) is 0 Å². The van der Waals surface area contributed by atoms with Crippen LogP contribution in [0.15, 0.2) is 18.2 Å². The number of benzene rings is 1. The molecule has 0 aliphatic carbocycles. The summed E-state index contributed by atoms with van der Waals surface area (Å²) in [7, 11) is 0. The molecule has 0 atom stereocenters. The summed E-state index contributed by atoms with van der Waals surface area (Å²) in [4.78, 5) is 11.8. The van der Waals surface area contributed by atoms with Gasteiger partial charge in [0.05, 0.1) is 16.7 Å². The lowest BCUT2D eigenvalue weighted by molar-refractivity contribution is -0.385. The maximum Gasteiger partial charge on any atom is 0.272 e. The fraction of sp³-hybridized carbons (Fsp3) is 0.625. The van der Waals surface area contributed by atoms with E-state index < -0.39 is 10.7 Å². The molecule has 0 amide bonds. The Morgan fingerprint density at radius 3 is 2.14 bits per heavy atom. The van der Waals surface area contributed by atoms with Crippen molar-refractivity contribution < 1.29 is 9.31 Å². The predicted molar refractivity (Wildman–Crippen MR) is 85.8 cm³/mol. The van der Waals surface area contributed by atoms with E-state index >= 15 is 0 Å². The zero-order valence-electron chi connectivity index (χ0n) is 12.9.